The van der Waals surface area contributed by atoms with Gasteiger partial charge in [0.15, 0.2) is 5.78 Å². The van der Waals surface area contributed by atoms with Gasteiger partial charge in [-0.05, 0) is 24.3 Å². The molecule has 0 saturated carbocycles. The molecule has 0 bridgehead atoms. The fraction of sp³-hybridized carbons (Fsp3) is 0.364. The third-order valence-electron chi connectivity index (χ3n) is 2.09. The topological polar surface area (TPSA) is 72.5 Å². The maximum Gasteiger partial charge on any atom is 0.164 e. The number of ketones is 1. The number of nitrogens with two attached hydrogens (primary N) is 1. The van der Waals surface area contributed by atoms with Gasteiger partial charge in [0, 0.05) is 18.0 Å². The van der Waals surface area contributed by atoms with E-state index in [0.717, 1.165) is 0 Å². The zero-order chi connectivity index (χ0) is 11.3. The van der Waals surface area contributed by atoms with E-state index in [1.54, 1.807) is 31.4 Å². The normalized spacial score (nSPS) is 11.4. The standard InChI is InChI=1S/C11H15NO3.ClH/c1-15-10-4-2-8(3-5-10)11(14)6-9(12)7-13;/h2-5,9,13H,6-7,12H2,1H3;1H. The Labute approximate surface area is 101 Å². The minimum Gasteiger partial charge on any atom is -0.497 e. The van der Waals surface area contributed by atoms with E-state index in [1.165, 1.54) is 0 Å². The van der Waals surface area contributed by atoms with Crippen molar-refractivity contribution in [2.75, 3.05) is 13.7 Å². The molecule has 3 N–H and O–H groups in total. The molecular weight excluding hydrogens is 230 g/mol. The Morgan fingerprint density at radius 1 is 1.44 bits per heavy atom. The Bertz CT molecular complexity index is 327. The van der Waals surface area contributed by atoms with E-state index in [0.29, 0.717) is 11.3 Å². The van der Waals surface area contributed by atoms with Crippen LogP contribution in [0.4, 0.5) is 0 Å². The lowest BCUT2D eigenvalue weighted by atomic mass is 10.0. The number of rotatable bonds is 5. The van der Waals surface area contributed by atoms with E-state index < -0.39 is 6.04 Å². The molecule has 0 heterocycles. The molecular formula is C11H16ClNO3. The fourth-order valence-corrected chi connectivity index (χ4v) is 1.20. The largest absolute Gasteiger partial charge is 0.497 e. The van der Waals surface area contributed by atoms with Crippen LogP contribution in [0.15, 0.2) is 24.3 Å². The summed E-state index contributed by atoms with van der Waals surface area (Å²) in [6, 6.07) is 6.32. The number of methoxy groups -OCH3 is 1. The number of carbonyl (C=O) groups is 1. The van der Waals surface area contributed by atoms with Gasteiger partial charge in [-0.25, -0.2) is 0 Å². The van der Waals surface area contributed by atoms with Crippen LogP contribution in [-0.4, -0.2) is 30.6 Å². The number of carbonyl (C=O) groups excluding carboxylic acids is 1. The molecule has 0 fully saturated rings. The Kier molecular flexibility index (Phi) is 6.72. The van der Waals surface area contributed by atoms with Gasteiger partial charge in [0.2, 0.25) is 0 Å². The number of benzene rings is 1. The van der Waals surface area contributed by atoms with Crippen LogP contribution in [0.1, 0.15) is 16.8 Å². The van der Waals surface area contributed by atoms with Gasteiger partial charge in [-0.3, -0.25) is 4.79 Å². The van der Waals surface area contributed by atoms with Crippen molar-refractivity contribution in [2.45, 2.75) is 12.5 Å². The summed E-state index contributed by atoms with van der Waals surface area (Å²) in [7, 11) is 1.57. The summed E-state index contributed by atoms with van der Waals surface area (Å²) in [4.78, 5) is 11.6. The molecule has 5 heteroatoms. The molecule has 1 atom stereocenters. The Morgan fingerprint density at radius 3 is 2.44 bits per heavy atom. The van der Waals surface area contributed by atoms with Crippen molar-refractivity contribution >= 4 is 18.2 Å². The van der Waals surface area contributed by atoms with Crippen molar-refractivity contribution in [1.29, 1.82) is 0 Å². The average Bonchev–Trinajstić information content (AvgIpc) is 2.29. The predicted octanol–water partition coefficient (Wildman–Crippen LogP) is 1.01. The van der Waals surface area contributed by atoms with Gasteiger partial charge in [0.05, 0.1) is 13.7 Å². The first-order valence-corrected chi connectivity index (χ1v) is 4.71. The zero-order valence-electron chi connectivity index (χ0n) is 9.05. The molecule has 4 nitrogen and oxygen atoms in total. The highest BCUT2D eigenvalue weighted by atomic mass is 35.5. The van der Waals surface area contributed by atoms with Gasteiger partial charge >= 0.3 is 0 Å². The second-order valence-electron chi connectivity index (χ2n) is 3.30. The van der Waals surface area contributed by atoms with Crippen LogP contribution in [0.25, 0.3) is 0 Å². The minimum atomic E-state index is -0.486. The quantitative estimate of drug-likeness (QED) is 0.760. The zero-order valence-corrected chi connectivity index (χ0v) is 9.87. The van der Waals surface area contributed by atoms with Gasteiger partial charge in [-0.1, -0.05) is 0 Å². The SMILES string of the molecule is COc1ccc(C(=O)CC(N)CO)cc1.Cl. The summed E-state index contributed by atoms with van der Waals surface area (Å²) in [6.07, 6.45) is 0.156. The molecule has 0 aromatic heterocycles. The van der Waals surface area contributed by atoms with Crippen molar-refractivity contribution in [3.8, 4) is 5.75 Å². The van der Waals surface area contributed by atoms with Crippen LogP contribution < -0.4 is 10.5 Å². The molecule has 90 valence electrons. The molecule has 0 spiro atoms. The molecule has 1 rings (SSSR count). The highest BCUT2D eigenvalue weighted by molar-refractivity contribution is 5.96. The summed E-state index contributed by atoms with van der Waals surface area (Å²) >= 11 is 0. The minimum absolute atomic E-state index is 0. The van der Waals surface area contributed by atoms with E-state index in [2.05, 4.69) is 0 Å². The molecule has 0 saturated heterocycles. The number of aliphatic hydroxyl groups is 1. The third kappa shape index (κ3) is 4.18. The van der Waals surface area contributed by atoms with Gasteiger partial charge < -0.3 is 15.6 Å². The molecule has 0 aliphatic rings. The van der Waals surface area contributed by atoms with Crippen LogP contribution in [0, 0.1) is 0 Å². The number of ether oxygens (including phenoxy) is 1. The Morgan fingerprint density at radius 2 is 2.00 bits per heavy atom. The van der Waals surface area contributed by atoms with Crippen LogP contribution >= 0.6 is 12.4 Å². The average molecular weight is 246 g/mol. The second-order valence-corrected chi connectivity index (χ2v) is 3.30. The van der Waals surface area contributed by atoms with Crippen LogP contribution in [0.3, 0.4) is 0 Å². The summed E-state index contributed by atoms with van der Waals surface area (Å²) in [5, 5.41) is 8.72. The highest BCUT2D eigenvalue weighted by Gasteiger charge is 2.10. The molecule has 16 heavy (non-hydrogen) atoms. The van der Waals surface area contributed by atoms with Crippen molar-refractivity contribution in [3.05, 3.63) is 29.8 Å². The van der Waals surface area contributed by atoms with Gasteiger partial charge in [-0.2, -0.15) is 0 Å². The lowest BCUT2D eigenvalue weighted by Gasteiger charge is -2.07. The smallest absolute Gasteiger partial charge is 0.164 e. The van der Waals surface area contributed by atoms with Crippen molar-refractivity contribution in [3.63, 3.8) is 0 Å². The molecule has 1 aromatic carbocycles. The van der Waals surface area contributed by atoms with Crippen LogP contribution in [-0.2, 0) is 0 Å². The predicted molar refractivity (Wildman–Crippen MR) is 64.3 cm³/mol. The van der Waals surface area contributed by atoms with E-state index in [9.17, 15) is 4.79 Å². The first kappa shape index (κ1) is 14.9. The van der Waals surface area contributed by atoms with E-state index in [-0.39, 0.29) is 31.2 Å². The van der Waals surface area contributed by atoms with Gasteiger partial charge in [0.25, 0.3) is 0 Å². The molecule has 0 aliphatic carbocycles. The highest BCUT2D eigenvalue weighted by Crippen LogP contribution is 2.12. The summed E-state index contributed by atoms with van der Waals surface area (Å²) in [5.41, 5.74) is 6.05. The third-order valence-corrected chi connectivity index (χ3v) is 2.09. The number of Topliss-reactive ketones (excluding diaryl/α,β-unsaturated/α-hetero) is 1. The van der Waals surface area contributed by atoms with E-state index >= 15 is 0 Å². The molecule has 0 radical (unpaired) electrons. The molecule has 1 aromatic rings. The van der Waals surface area contributed by atoms with Crippen LogP contribution in [0.2, 0.25) is 0 Å². The number of hydrogen-bond acceptors (Lipinski definition) is 4. The first-order valence-electron chi connectivity index (χ1n) is 4.71. The van der Waals surface area contributed by atoms with Gasteiger partial charge in [-0.15, -0.1) is 12.4 Å². The van der Waals surface area contributed by atoms with Crippen molar-refractivity contribution in [2.24, 2.45) is 5.73 Å². The van der Waals surface area contributed by atoms with Gasteiger partial charge in [0.1, 0.15) is 5.75 Å². The first-order chi connectivity index (χ1) is 7.17. The number of halogens is 1. The fourth-order valence-electron chi connectivity index (χ4n) is 1.20. The maximum absolute atomic E-state index is 11.6. The molecule has 0 amide bonds. The second kappa shape index (κ2) is 7.22. The number of aliphatic hydroxyl groups excluding tert-OH is 1. The van der Waals surface area contributed by atoms with Crippen molar-refractivity contribution in [1.82, 2.24) is 0 Å². The lowest BCUT2D eigenvalue weighted by Crippen LogP contribution is -2.27. The monoisotopic (exact) mass is 245 g/mol. The summed E-state index contributed by atoms with van der Waals surface area (Å²) < 4.78 is 4.98. The number of hydrogen-bond donors (Lipinski definition) is 2. The summed E-state index contributed by atoms with van der Waals surface area (Å²) in [5.74, 6) is 0.636. The molecule has 1 unspecified atom stereocenters. The molecule has 0 aliphatic heterocycles. The van der Waals surface area contributed by atoms with E-state index in [1.807, 2.05) is 0 Å². The lowest BCUT2D eigenvalue weighted by molar-refractivity contribution is 0.0961. The van der Waals surface area contributed by atoms with Crippen LogP contribution in [0.5, 0.6) is 5.75 Å². The Balaban J connectivity index is 0.00000225. The Hall–Kier alpha value is -1.10. The van der Waals surface area contributed by atoms with E-state index in [4.69, 9.17) is 15.6 Å². The summed E-state index contributed by atoms with van der Waals surface area (Å²) in [6.45, 7) is -0.179. The van der Waals surface area contributed by atoms with Crippen molar-refractivity contribution < 1.29 is 14.6 Å². The maximum atomic E-state index is 11.6.